The number of rotatable bonds is 0. The maximum atomic E-state index is 2.26. The van der Waals surface area contributed by atoms with Gasteiger partial charge in [0.15, 0.2) is 0 Å². The molecule has 2 rings (SSSR count). The van der Waals surface area contributed by atoms with Crippen LogP contribution in [0.15, 0.2) is 42.5 Å². The van der Waals surface area contributed by atoms with Crippen LogP contribution in [0.5, 0.6) is 0 Å². The minimum atomic E-state index is 0. The van der Waals surface area contributed by atoms with Gasteiger partial charge in [-0.1, -0.05) is 0 Å². The predicted octanol–water partition coefficient (Wildman–Crippen LogP) is 2.59. The van der Waals surface area contributed by atoms with Crippen molar-refractivity contribution in [3.8, 4) is 0 Å². The Morgan fingerprint density at radius 2 is 1.50 bits per heavy atom. The van der Waals surface area contributed by atoms with Crippen LogP contribution in [0.3, 0.4) is 0 Å². The first-order valence-electron chi connectivity index (χ1n) is 3.67. The van der Waals surface area contributed by atoms with Gasteiger partial charge in [-0.3, -0.25) is 0 Å². The van der Waals surface area contributed by atoms with Crippen molar-refractivity contribution in [2.45, 2.75) is 0 Å². The van der Waals surface area contributed by atoms with Gasteiger partial charge in [-0.05, 0) is 0 Å². The second kappa shape index (κ2) is 4.16. The Kier molecular flexibility index (Phi) is 3.43. The van der Waals surface area contributed by atoms with Crippen molar-refractivity contribution in [1.82, 2.24) is 0 Å². The molecule has 0 saturated heterocycles. The number of hydrogen-bond donors (Lipinski definition) is 0. The minimum absolute atomic E-state index is 0. The van der Waals surface area contributed by atoms with E-state index in [4.69, 9.17) is 0 Å². The van der Waals surface area contributed by atoms with E-state index in [1.807, 2.05) is 0 Å². The van der Waals surface area contributed by atoms with Gasteiger partial charge in [-0.15, -0.1) is 17.0 Å². The van der Waals surface area contributed by atoms with E-state index in [9.17, 15) is 0 Å². The van der Waals surface area contributed by atoms with Crippen molar-refractivity contribution >= 4 is 31.9 Å². The molecule has 0 radical (unpaired) electrons. The summed E-state index contributed by atoms with van der Waals surface area (Å²) in [5.74, 6) is 0. The van der Waals surface area contributed by atoms with E-state index in [1.165, 1.54) is 33.2 Å². The molecule has 0 aromatic heterocycles. The van der Waals surface area contributed by atoms with E-state index in [-0.39, 0.29) is 17.0 Å². The van der Waals surface area contributed by atoms with Gasteiger partial charge in [0, 0.05) is 0 Å². The van der Waals surface area contributed by atoms with Crippen LogP contribution in [0.25, 0.3) is 10.8 Å². The van der Waals surface area contributed by atoms with E-state index >= 15 is 0 Å². The molecular weight excluding hydrogens is 265 g/mol. The van der Waals surface area contributed by atoms with Gasteiger partial charge in [-0.25, -0.2) is 0 Å². The van der Waals surface area contributed by atoms with Crippen molar-refractivity contribution in [2.75, 3.05) is 0 Å². The zero-order chi connectivity index (χ0) is 7.68. The predicted molar refractivity (Wildman–Crippen MR) is 53.9 cm³/mol. The normalized spacial score (nSPS) is 9.50. The summed E-state index contributed by atoms with van der Waals surface area (Å²) in [4.78, 5) is 0. The van der Waals surface area contributed by atoms with Crippen LogP contribution in [0.4, 0.5) is 0 Å². The Labute approximate surface area is 92.4 Å². The third kappa shape index (κ3) is 1.94. The Morgan fingerprint density at radius 1 is 0.833 bits per heavy atom. The van der Waals surface area contributed by atoms with E-state index < -0.39 is 0 Å². The fourth-order valence-corrected chi connectivity index (χ4v) is 1.95. The summed E-state index contributed by atoms with van der Waals surface area (Å²) in [5.41, 5.74) is 0. The van der Waals surface area contributed by atoms with Gasteiger partial charge in [0.25, 0.3) is 0 Å². The molecule has 0 atom stereocenters. The van der Waals surface area contributed by atoms with Crippen LogP contribution >= 0.6 is 17.0 Å². The zero-order valence-corrected chi connectivity index (χ0v) is 11.3. The van der Waals surface area contributed by atoms with Crippen LogP contribution in [-0.2, 0) is 18.3 Å². The molecule has 0 aliphatic rings. The summed E-state index contributed by atoms with van der Waals surface area (Å²) in [7, 11) is 0. The Bertz CT molecular complexity index is 384. The van der Waals surface area contributed by atoms with Crippen LogP contribution < -0.4 is 4.16 Å². The van der Waals surface area contributed by atoms with Gasteiger partial charge in [0.1, 0.15) is 0 Å². The summed E-state index contributed by atoms with van der Waals surface area (Å²) in [5, 5.41) is 2.70. The van der Waals surface area contributed by atoms with E-state index in [0.717, 1.165) is 0 Å². The summed E-state index contributed by atoms with van der Waals surface area (Å²) in [6, 6.07) is 15.1. The monoisotopic (exact) mass is 271 g/mol. The first-order valence-corrected chi connectivity index (χ1v) is 5.15. The topological polar surface area (TPSA) is 0 Å². The zero-order valence-electron chi connectivity index (χ0n) is 6.66. The van der Waals surface area contributed by atoms with Gasteiger partial charge in [0.05, 0.1) is 0 Å². The van der Waals surface area contributed by atoms with Crippen LogP contribution in [0, 0.1) is 0 Å². The molecule has 0 spiro atoms. The first kappa shape index (κ1) is 9.89. The second-order valence-electron chi connectivity index (χ2n) is 2.68. The molecule has 0 saturated carbocycles. The number of halogens is 1. The number of fused-ring (bicyclic) bond motifs is 1. The standard InChI is InChI=1S/C10H7.BrH.Zn/c1-2-6-10-8-4-3-7-9(10)5-1;;/h1-3,5-8H;1H;. The Balaban J connectivity index is 0.000000720. The molecule has 0 aliphatic carbocycles. The number of hydrogen-bond acceptors (Lipinski definition) is 0. The summed E-state index contributed by atoms with van der Waals surface area (Å²) in [6.07, 6.45) is 0. The van der Waals surface area contributed by atoms with Gasteiger partial charge < -0.3 is 0 Å². The van der Waals surface area contributed by atoms with Crippen LogP contribution in [-0.4, -0.2) is 0 Å². The third-order valence-corrected chi connectivity index (χ3v) is 2.74. The molecule has 0 amide bonds. The average molecular weight is 273 g/mol. The Morgan fingerprint density at radius 3 is 2.25 bits per heavy atom. The van der Waals surface area contributed by atoms with E-state index in [1.54, 1.807) is 0 Å². The quantitative estimate of drug-likeness (QED) is 0.647. The van der Waals surface area contributed by atoms with Crippen molar-refractivity contribution in [3.05, 3.63) is 42.5 Å². The molecule has 0 unspecified atom stereocenters. The number of benzene rings is 2. The SMILES string of the molecule is Br.[Zn][c]1ccc2ccccc2c1. The van der Waals surface area contributed by atoms with Crippen molar-refractivity contribution in [1.29, 1.82) is 0 Å². The molecule has 0 nitrogen and oxygen atoms in total. The maximum absolute atomic E-state index is 2.26. The summed E-state index contributed by atoms with van der Waals surface area (Å²) in [6.45, 7) is 0. The fraction of sp³-hybridized carbons (Fsp3) is 0. The van der Waals surface area contributed by atoms with Crippen molar-refractivity contribution in [3.63, 3.8) is 0 Å². The van der Waals surface area contributed by atoms with Crippen LogP contribution in [0.2, 0.25) is 0 Å². The van der Waals surface area contributed by atoms with Gasteiger partial charge in [0.2, 0.25) is 0 Å². The molecule has 0 heterocycles. The molecule has 0 N–H and O–H groups in total. The van der Waals surface area contributed by atoms with E-state index in [2.05, 4.69) is 42.5 Å². The molecule has 0 bridgehead atoms. The molecule has 57 valence electrons. The summed E-state index contributed by atoms with van der Waals surface area (Å²) < 4.78 is 1.45. The second-order valence-corrected chi connectivity index (χ2v) is 4.39. The van der Waals surface area contributed by atoms with E-state index in [0.29, 0.717) is 0 Å². The van der Waals surface area contributed by atoms with Crippen molar-refractivity contribution < 1.29 is 18.3 Å². The molecule has 12 heavy (non-hydrogen) atoms. The van der Waals surface area contributed by atoms with Crippen molar-refractivity contribution in [2.24, 2.45) is 0 Å². The van der Waals surface area contributed by atoms with Crippen LogP contribution in [0.1, 0.15) is 0 Å². The van der Waals surface area contributed by atoms with Gasteiger partial charge in [-0.2, -0.15) is 0 Å². The molecule has 2 aromatic rings. The average Bonchev–Trinajstić information content (AvgIpc) is 2.04. The van der Waals surface area contributed by atoms with Gasteiger partial charge >= 0.3 is 75.7 Å². The molecular formula is C10H8BrZn. The first-order chi connectivity index (χ1) is 5.36. The Hall–Kier alpha value is -0.197. The fourth-order valence-electron chi connectivity index (χ4n) is 1.24. The molecule has 2 aromatic carbocycles. The molecule has 2 heteroatoms. The molecule has 0 fully saturated rings. The summed E-state index contributed by atoms with van der Waals surface area (Å²) >= 11 is 1.24. The third-order valence-electron chi connectivity index (χ3n) is 1.81. The molecule has 0 aliphatic heterocycles.